The molecule has 1 aromatic heterocycles. The minimum atomic E-state index is -3.26. The highest BCUT2D eigenvalue weighted by molar-refractivity contribution is 7.92. The summed E-state index contributed by atoms with van der Waals surface area (Å²) in [6.45, 7) is 9.84. The van der Waals surface area contributed by atoms with Crippen molar-refractivity contribution >= 4 is 29.0 Å². The minimum absolute atomic E-state index is 0.324. The van der Waals surface area contributed by atoms with E-state index in [9.17, 15) is 8.42 Å². The first-order valence-electron chi connectivity index (χ1n) is 7.51. The molecule has 0 atom stereocenters. The number of hydrogen-bond acceptors (Lipinski definition) is 5. The summed E-state index contributed by atoms with van der Waals surface area (Å²) in [7, 11) is -4.96. The van der Waals surface area contributed by atoms with E-state index >= 15 is 0 Å². The van der Waals surface area contributed by atoms with Gasteiger partial charge in [0, 0.05) is 5.56 Å². The number of nitrogen functional groups attached to an aromatic ring is 1. The standard InChI is InChI=1S/C16H23N3O2SSi/c1-11(2)22(20,21)13-8-6-12(7-9-13)14-10-18-15(17)16(19-14)23(3,4)5/h6-11H,1-5H3,(H2,17,18). The summed E-state index contributed by atoms with van der Waals surface area (Å²) in [5, 5.41) is 0.428. The lowest BCUT2D eigenvalue weighted by molar-refractivity contribution is 0.587. The van der Waals surface area contributed by atoms with Gasteiger partial charge < -0.3 is 5.73 Å². The van der Waals surface area contributed by atoms with E-state index in [2.05, 4.69) is 29.6 Å². The summed E-state index contributed by atoms with van der Waals surface area (Å²) in [5.74, 6) is 0.479. The number of nitrogens with two attached hydrogens (primary N) is 1. The minimum Gasteiger partial charge on any atom is -0.383 e. The van der Waals surface area contributed by atoms with Crippen molar-refractivity contribution in [3.05, 3.63) is 30.5 Å². The molecule has 0 spiro atoms. The van der Waals surface area contributed by atoms with Crippen LogP contribution in [0.1, 0.15) is 13.8 Å². The van der Waals surface area contributed by atoms with Gasteiger partial charge in [0.05, 0.1) is 27.4 Å². The first kappa shape index (κ1) is 17.6. The summed E-state index contributed by atoms with van der Waals surface area (Å²) in [6.07, 6.45) is 1.63. The van der Waals surface area contributed by atoms with Crippen LogP contribution in [0.5, 0.6) is 0 Å². The molecule has 7 heteroatoms. The van der Waals surface area contributed by atoms with E-state index in [0.717, 1.165) is 10.9 Å². The lowest BCUT2D eigenvalue weighted by atomic mass is 10.2. The Kier molecular flexibility index (Phi) is 4.63. The molecule has 0 radical (unpaired) electrons. The Bertz CT molecular complexity index is 810. The molecule has 0 saturated heterocycles. The monoisotopic (exact) mass is 349 g/mol. The maximum absolute atomic E-state index is 12.2. The van der Waals surface area contributed by atoms with Gasteiger partial charge in [-0.1, -0.05) is 31.8 Å². The third kappa shape index (κ3) is 3.61. The van der Waals surface area contributed by atoms with Crippen molar-refractivity contribution in [2.45, 2.75) is 43.6 Å². The van der Waals surface area contributed by atoms with Gasteiger partial charge in [0.15, 0.2) is 9.84 Å². The SMILES string of the molecule is CC(C)S(=O)(=O)c1ccc(-c2cnc(N)c([Si](C)(C)C)n2)cc1. The van der Waals surface area contributed by atoms with E-state index in [-0.39, 0.29) is 0 Å². The van der Waals surface area contributed by atoms with Crippen molar-refractivity contribution in [3.63, 3.8) is 0 Å². The summed E-state index contributed by atoms with van der Waals surface area (Å²) >= 11 is 0. The van der Waals surface area contributed by atoms with Crippen LogP contribution in [-0.4, -0.2) is 31.7 Å². The van der Waals surface area contributed by atoms with Gasteiger partial charge in [0.2, 0.25) is 0 Å². The van der Waals surface area contributed by atoms with Crippen LogP contribution < -0.4 is 11.1 Å². The number of hydrogen-bond donors (Lipinski definition) is 1. The zero-order valence-electron chi connectivity index (χ0n) is 14.2. The maximum atomic E-state index is 12.2. The average Bonchev–Trinajstić information content (AvgIpc) is 2.46. The molecule has 0 aliphatic carbocycles. The average molecular weight is 350 g/mol. The molecule has 0 aliphatic rings. The Morgan fingerprint density at radius 3 is 2.13 bits per heavy atom. The molecule has 2 aromatic rings. The van der Waals surface area contributed by atoms with Gasteiger partial charge in [-0.25, -0.2) is 13.4 Å². The second kappa shape index (κ2) is 6.05. The van der Waals surface area contributed by atoms with Gasteiger partial charge in [0.1, 0.15) is 13.9 Å². The lowest BCUT2D eigenvalue weighted by Crippen LogP contribution is -2.42. The predicted octanol–water partition coefficient (Wildman–Crippen LogP) is 2.45. The molecule has 0 saturated carbocycles. The van der Waals surface area contributed by atoms with Gasteiger partial charge >= 0.3 is 0 Å². The largest absolute Gasteiger partial charge is 0.383 e. The Morgan fingerprint density at radius 1 is 1.09 bits per heavy atom. The Morgan fingerprint density at radius 2 is 1.65 bits per heavy atom. The molecule has 2 rings (SSSR count). The Labute approximate surface area is 138 Å². The smallest absolute Gasteiger partial charge is 0.180 e. The van der Waals surface area contributed by atoms with Crippen LogP contribution in [0.4, 0.5) is 5.82 Å². The van der Waals surface area contributed by atoms with E-state index in [1.165, 1.54) is 0 Å². The second-order valence-electron chi connectivity index (χ2n) is 6.86. The van der Waals surface area contributed by atoms with Crippen molar-refractivity contribution < 1.29 is 8.42 Å². The first-order valence-corrected chi connectivity index (χ1v) is 12.6. The molecule has 0 unspecified atom stereocenters. The zero-order chi connectivity index (χ0) is 17.4. The first-order chi connectivity index (χ1) is 10.5. The van der Waals surface area contributed by atoms with Gasteiger partial charge in [0.25, 0.3) is 0 Å². The van der Waals surface area contributed by atoms with E-state index < -0.39 is 23.2 Å². The molecule has 2 N–H and O–H groups in total. The third-order valence-corrected chi connectivity index (χ3v) is 7.57. The Hall–Kier alpha value is -1.73. The summed E-state index contributed by atoms with van der Waals surface area (Å²) < 4.78 is 24.3. The highest BCUT2D eigenvalue weighted by Gasteiger charge is 2.23. The van der Waals surface area contributed by atoms with Crippen LogP contribution >= 0.6 is 0 Å². The van der Waals surface area contributed by atoms with E-state index in [1.54, 1.807) is 44.3 Å². The molecule has 1 heterocycles. The van der Waals surface area contributed by atoms with Gasteiger partial charge in [-0.3, -0.25) is 4.98 Å². The summed E-state index contributed by atoms with van der Waals surface area (Å²) in [6, 6.07) is 6.78. The molecular formula is C16H23N3O2SSi. The molecule has 124 valence electrons. The molecule has 5 nitrogen and oxygen atoms in total. The molecular weight excluding hydrogens is 326 g/mol. The van der Waals surface area contributed by atoms with Crippen LogP contribution in [0.25, 0.3) is 11.3 Å². The number of benzene rings is 1. The molecule has 0 bridgehead atoms. The normalized spacial score (nSPS) is 12.6. The number of rotatable bonds is 4. The van der Waals surface area contributed by atoms with Crippen molar-refractivity contribution in [2.24, 2.45) is 0 Å². The predicted molar refractivity (Wildman–Crippen MR) is 97.2 cm³/mol. The zero-order valence-corrected chi connectivity index (χ0v) is 16.0. The third-order valence-electron chi connectivity index (χ3n) is 3.61. The van der Waals surface area contributed by atoms with Crippen molar-refractivity contribution in [3.8, 4) is 11.3 Å². The fourth-order valence-electron chi connectivity index (χ4n) is 2.18. The van der Waals surface area contributed by atoms with Crippen molar-refractivity contribution in [2.75, 3.05) is 5.73 Å². The number of nitrogens with zero attached hydrogens (tertiary/aromatic N) is 2. The van der Waals surface area contributed by atoms with Crippen LogP contribution in [0.3, 0.4) is 0 Å². The summed E-state index contributed by atoms with van der Waals surface area (Å²) in [5.41, 5.74) is 7.50. The maximum Gasteiger partial charge on any atom is 0.180 e. The molecule has 0 amide bonds. The lowest BCUT2D eigenvalue weighted by Gasteiger charge is -2.17. The topological polar surface area (TPSA) is 85.9 Å². The molecule has 23 heavy (non-hydrogen) atoms. The van der Waals surface area contributed by atoms with E-state index in [4.69, 9.17) is 5.73 Å². The van der Waals surface area contributed by atoms with E-state index in [1.807, 2.05) is 0 Å². The number of aromatic nitrogens is 2. The molecule has 0 aliphatic heterocycles. The number of anilines is 1. The van der Waals surface area contributed by atoms with Crippen LogP contribution in [0.15, 0.2) is 35.4 Å². The molecule has 0 fully saturated rings. The summed E-state index contributed by atoms with van der Waals surface area (Å²) in [4.78, 5) is 9.24. The van der Waals surface area contributed by atoms with Crippen LogP contribution in [-0.2, 0) is 9.84 Å². The highest BCUT2D eigenvalue weighted by atomic mass is 32.2. The van der Waals surface area contributed by atoms with Gasteiger partial charge in [-0.05, 0) is 26.0 Å². The van der Waals surface area contributed by atoms with Gasteiger partial charge in [-0.2, -0.15) is 0 Å². The fraction of sp³-hybridized carbons (Fsp3) is 0.375. The number of sulfone groups is 1. The highest BCUT2D eigenvalue weighted by Crippen LogP contribution is 2.22. The van der Waals surface area contributed by atoms with Crippen molar-refractivity contribution in [1.82, 2.24) is 9.97 Å². The van der Waals surface area contributed by atoms with Crippen LogP contribution in [0, 0.1) is 0 Å². The Balaban J connectivity index is 2.45. The second-order valence-corrected chi connectivity index (χ2v) is 14.3. The fourth-order valence-corrected chi connectivity index (χ4v) is 4.53. The van der Waals surface area contributed by atoms with Crippen molar-refractivity contribution in [1.29, 1.82) is 0 Å². The quantitative estimate of drug-likeness (QED) is 0.857. The van der Waals surface area contributed by atoms with Crippen LogP contribution in [0.2, 0.25) is 19.6 Å². The molecule has 1 aromatic carbocycles. The van der Waals surface area contributed by atoms with E-state index in [0.29, 0.717) is 16.4 Å². The van der Waals surface area contributed by atoms with Gasteiger partial charge in [-0.15, -0.1) is 0 Å².